The van der Waals surface area contributed by atoms with Gasteiger partial charge in [-0.1, -0.05) is 12.1 Å². The van der Waals surface area contributed by atoms with E-state index in [1.807, 2.05) is 29.2 Å². The first-order chi connectivity index (χ1) is 13.4. The number of nitrogens with zero attached hydrogens (tertiary/aromatic N) is 2. The zero-order valence-corrected chi connectivity index (χ0v) is 16.7. The first kappa shape index (κ1) is 18.8. The number of benzene rings is 2. The Morgan fingerprint density at radius 2 is 1.93 bits per heavy atom. The molecule has 5 heteroatoms. The minimum absolute atomic E-state index is 0.0468. The number of ether oxygens (including phenoxy) is 1. The van der Waals surface area contributed by atoms with Crippen LogP contribution in [0.1, 0.15) is 43.5 Å². The van der Waals surface area contributed by atoms with E-state index < -0.39 is 0 Å². The lowest BCUT2D eigenvalue weighted by Gasteiger charge is -2.42. The number of likely N-dealkylation sites (tertiary alicyclic amines) is 1. The maximum absolute atomic E-state index is 13.9. The van der Waals surface area contributed by atoms with Crippen LogP contribution in [-0.4, -0.2) is 42.1 Å². The number of amides is 1. The minimum atomic E-state index is -0.225. The van der Waals surface area contributed by atoms with Crippen LogP contribution in [0.25, 0.3) is 0 Å². The van der Waals surface area contributed by atoms with E-state index in [-0.39, 0.29) is 29.3 Å². The molecule has 0 unspecified atom stereocenters. The zero-order chi connectivity index (χ0) is 19.9. The Kier molecular flexibility index (Phi) is 4.77. The highest BCUT2D eigenvalue weighted by atomic mass is 19.1. The number of piperidine rings is 1. The van der Waals surface area contributed by atoms with E-state index in [1.54, 1.807) is 25.3 Å². The quantitative estimate of drug-likeness (QED) is 0.784. The van der Waals surface area contributed by atoms with Crippen molar-refractivity contribution in [3.8, 4) is 5.75 Å². The first-order valence-electron chi connectivity index (χ1n) is 9.91. The summed E-state index contributed by atoms with van der Waals surface area (Å²) in [7, 11) is 1.61. The number of carbonyl (C=O) groups excluding carboxylic acids is 1. The monoisotopic (exact) mass is 382 g/mol. The summed E-state index contributed by atoms with van der Waals surface area (Å²) < 4.78 is 19.2. The topological polar surface area (TPSA) is 32.8 Å². The second-order valence-corrected chi connectivity index (χ2v) is 8.37. The van der Waals surface area contributed by atoms with Crippen LogP contribution in [0.2, 0.25) is 0 Å². The standard InChI is InChI=1S/C23H27FN2O2/c1-23(2)15-21-20(26(23)18-9-5-8-17(24)14-18)11-6-12-25(21)22(27)16-7-4-10-19(13-16)28-3/h4-5,7-10,13-14,20-21H,6,11-12,15H2,1-3H3/t20-,21-/m0/s1. The van der Waals surface area contributed by atoms with Gasteiger partial charge in [-0.15, -0.1) is 0 Å². The van der Waals surface area contributed by atoms with E-state index in [4.69, 9.17) is 4.74 Å². The smallest absolute Gasteiger partial charge is 0.254 e. The third-order valence-electron chi connectivity index (χ3n) is 6.10. The summed E-state index contributed by atoms with van der Waals surface area (Å²) in [5, 5.41) is 0. The van der Waals surface area contributed by atoms with Crippen molar-refractivity contribution in [2.45, 2.75) is 50.7 Å². The van der Waals surface area contributed by atoms with Gasteiger partial charge in [0.05, 0.1) is 19.2 Å². The highest BCUT2D eigenvalue weighted by Gasteiger charge is 2.50. The van der Waals surface area contributed by atoms with Gasteiger partial charge in [0.15, 0.2) is 0 Å². The van der Waals surface area contributed by atoms with Crippen LogP contribution in [0, 0.1) is 5.82 Å². The number of hydrogen-bond acceptors (Lipinski definition) is 3. The van der Waals surface area contributed by atoms with Crippen LogP contribution in [-0.2, 0) is 0 Å². The summed E-state index contributed by atoms with van der Waals surface area (Å²) in [5.74, 6) is 0.509. The van der Waals surface area contributed by atoms with Crippen molar-refractivity contribution >= 4 is 11.6 Å². The van der Waals surface area contributed by atoms with Crippen LogP contribution >= 0.6 is 0 Å². The largest absolute Gasteiger partial charge is 0.497 e. The molecule has 4 nitrogen and oxygen atoms in total. The predicted octanol–water partition coefficient (Wildman–Crippen LogP) is 4.50. The second-order valence-electron chi connectivity index (χ2n) is 8.37. The van der Waals surface area contributed by atoms with E-state index in [1.165, 1.54) is 6.07 Å². The van der Waals surface area contributed by atoms with Gasteiger partial charge < -0.3 is 14.5 Å². The van der Waals surface area contributed by atoms with Crippen LogP contribution < -0.4 is 9.64 Å². The lowest BCUT2D eigenvalue weighted by Crippen LogP contribution is -2.52. The molecular weight excluding hydrogens is 355 g/mol. The molecule has 148 valence electrons. The second kappa shape index (κ2) is 7.12. The molecule has 0 aromatic heterocycles. The number of anilines is 1. The fraction of sp³-hybridized carbons (Fsp3) is 0.435. The van der Waals surface area contributed by atoms with Crippen molar-refractivity contribution in [3.63, 3.8) is 0 Å². The van der Waals surface area contributed by atoms with Crippen LogP contribution in [0.5, 0.6) is 5.75 Å². The molecule has 0 N–H and O–H groups in total. The van der Waals surface area contributed by atoms with Crippen molar-refractivity contribution in [2.24, 2.45) is 0 Å². The maximum atomic E-state index is 13.9. The summed E-state index contributed by atoms with van der Waals surface area (Å²) >= 11 is 0. The molecule has 2 fully saturated rings. The molecule has 0 spiro atoms. The molecule has 4 rings (SSSR count). The van der Waals surface area contributed by atoms with Gasteiger partial charge in [-0.3, -0.25) is 4.79 Å². The van der Waals surface area contributed by atoms with Crippen molar-refractivity contribution < 1.29 is 13.9 Å². The Morgan fingerprint density at radius 1 is 1.14 bits per heavy atom. The molecule has 2 saturated heterocycles. The Bertz CT molecular complexity index is 882. The third kappa shape index (κ3) is 3.23. The Labute approximate surface area is 165 Å². The molecule has 0 bridgehead atoms. The lowest BCUT2D eigenvalue weighted by atomic mass is 9.93. The molecule has 0 saturated carbocycles. The fourth-order valence-electron chi connectivity index (χ4n) is 4.98. The number of halogens is 1. The average molecular weight is 382 g/mol. The molecule has 2 aliphatic rings. The van der Waals surface area contributed by atoms with Gasteiger partial charge in [-0.05, 0) is 69.5 Å². The number of carbonyl (C=O) groups is 1. The van der Waals surface area contributed by atoms with Crippen molar-refractivity contribution in [2.75, 3.05) is 18.6 Å². The van der Waals surface area contributed by atoms with Crippen LogP contribution in [0.15, 0.2) is 48.5 Å². The van der Waals surface area contributed by atoms with Gasteiger partial charge in [0.25, 0.3) is 5.91 Å². The van der Waals surface area contributed by atoms with Crippen LogP contribution in [0.3, 0.4) is 0 Å². The molecule has 2 heterocycles. The van der Waals surface area contributed by atoms with Crippen molar-refractivity contribution in [1.29, 1.82) is 0 Å². The minimum Gasteiger partial charge on any atom is -0.497 e. The lowest BCUT2D eigenvalue weighted by molar-refractivity contribution is 0.0605. The zero-order valence-electron chi connectivity index (χ0n) is 16.7. The van der Waals surface area contributed by atoms with Crippen molar-refractivity contribution in [3.05, 3.63) is 59.9 Å². The normalized spacial score (nSPS) is 23.4. The molecule has 2 aromatic rings. The highest BCUT2D eigenvalue weighted by Crippen LogP contribution is 2.44. The van der Waals surface area contributed by atoms with E-state index in [0.29, 0.717) is 11.3 Å². The summed E-state index contributed by atoms with van der Waals surface area (Å²) in [5.41, 5.74) is 1.40. The Morgan fingerprint density at radius 3 is 2.68 bits per heavy atom. The summed E-state index contributed by atoms with van der Waals surface area (Å²) in [6.07, 6.45) is 2.81. The molecule has 2 aromatic carbocycles. The van der Waals surface area contributed by atoms with Crippen LogP contribution in [0.4, 0.5) is 10.1 Å². The van der Waals surface area contributed by atoms with E-state index in [9.17, 15) is 9.18 Å². The van der Waals surface area contributed by atoms with E-state index in [0.717, 1.165) is 31.5 Å². The molecule has 0 radical (unpaired) electrons. The van der Waals surface area contributed by atoms with Gasteiger partial charge in [0.2, 0.25) is 0 Å². The van der Waals surface area contributed by atoms with E-state index >= 15 is 0 Å². The van der Waals surface area contributed by atoms with Gasteiger partial charge in [0, 0.05) is 23.3 Å². The number of hydrogen-bond donors (Lipinski definition) is 0. The molecule has 1 amide bonds. The fourth-order valence-corrected chi connectivity index (χ4v) is 4.98. The predicted molar refractivity (Wildman–Crippen MR) is 108 cm³/mol. The number of rotatable bonds is 3. The SMILES string of the molecule is COc1cccc(C(=O)N2CCC[C@H]3[C@@H]2CC(C)(C)N3c2cccc(F)c2)c1. The molecular formula is C23H27FN2O2. The molecule has 0 aliphatic carbocycles. The Hall–Kier alpha value is -2.56. The van der Waals surface area contributed by atoms with Gasteiger partial charge in [-0.2, -0.15) is 0 Å². The first-order valence-corrected chi connectivity index (χ1v) is 9.91. The van der Waals surface area contributed by atoms with Crippen molar-refractivity contribution in [1.82, 2.24) is 4.90 Å². The van der Waals surface area contributed by atoms with Gasteiger partial charge in [-0.25, -0.2) is 4.39 Å². The molecule has 2 aliphatic heterocycles. The van der Waals surface area contributed by atoms with Gasteiger partial charge in [0.1, 0.15) is 11.6 Å². The molecule has 28 heavy (non-hydrogen) atoms. The highest BCUT2D eigenvalue weighted by molar-refractivity contribution is 5.95. The summed E-state index contributed by atoms with van der Waals surface area (Å²) in [6.45, 7) is 5.12. The number of fused-ring (bicyclic) bond motifs is 1. The maximum Gasteiger partial charge on any atom is 0.254 e. The average Bonchev–Trinajstić information content (AvgIpc) is 2.97. The molecule has 2 atom stereocenters. The Balaban J connectivity index is 1.66. The van der Waals surface area contributed by atoms with E-state index in [2.05, 4.69) is 18.7 Å². The number of methoxy groups -OCH3 is 1. The summed E-state index contributed by atoms with van der Waals surface area (Å²) in [4.78, 5) is 17.7. The third-order valence-corrected chi connectivity index (χ3v) is 6.10. The van der Waals surface area contributed by atoms with Gasteiger partial charge >= 0.3 is 0 Å². The summed E-state index contributed by atoms with van der Waals surface area (Å²) in [6, 6.07) is 14.5.